The van der Waals surface area contributed by atoms with Crippen LogP contribution in [-0.2, 0) is 9.84 Å². The van der Waals surface area contributed by atoms with Crippen LogP contribution in [0.2, 0.25) is 0 Å². The highest BCUT2D eigenvalue weighted by Gasteiger charge is 2.79. The molecule has 6 saturated carbocycles. The Labute approximate surface area is 92.5 Å². The molecule has 4 bridgehead atoms. The number of hydrogen-bond acceptors (Lipinski definition) is 2. The van der Waals surface area contributed by atoms with E-state index in [0.717, 1.165) is 44.4 Å². The third-order valence-corrected chi connectivity index (χ3v) is 9.09. The second-order valence-electron chi connectivity index (χ2n) is 6.03. The normalized spacial score (nSPS) is 63.1. The van der Waals surface area contributed by atoms with Crippen LogP contribution in [0.1, 0.15) is 38.5 Å². The molecule has 14 heavy (non-hydrogen) atoms. The zero-order valence-electron chi connectivity index (χ0n) is 7.92. The van der Waals surface area contributed by atoms with Crippen LogP contribution in [0.5, 0.6) is 0 Å². The van der Waals surface area contributed by atoms with Crippen LogP contribution in [0, 0.1) is 5.92 Å². The number of alkyl halides is 1. The van der Waals surface area contributed by atoms with Gasteiger partial charge in [0.2, 0.25) is 0 Å². The molecule has 2 nitrogen and oxygen atoms in total. The van der Waals surface area contributed by atoms with Gasteiger partial charge in [-0.05, 0) is 44.4 Å². The van der Waals surface area contributed by atoms with Gasteiger partial charge in [0, 0.05) is 4.32 Å². The minimum atomic E-state index is -2.80. The fourth-order valence-corrected chi connectivity index (χ4v) is 9.90. The summed E-state index contributed by atoms with van der Waals surface area (Å²) in [6.45, 7) is 0. The molecule has 4 heteroatoms. The van der Waals surface area contributed by atoms with Crippen LogP contribution >= 0.6 is 15.9 Å². The third-order valence-electron chi connectivity index (χ3n) is 5.04. The van der Waals surface area contributed by atoms with Crippen LogP contribution in [0.15, 0.2) is 0 Å². The molecule has 0 unspecified atom stereocenters. The van der Waals surface area contributed by atoms with Gasteiger partial charge in [0.1, 0.15) is 0 Å². The van der Waals surface area contributed by atoms with Gasteiger partial charge in [0.05, 0.1) is 9.49 Å². The number of halogens is 1. The molecule has 0 aromatic heterocycles. The highest BCUT2D eigenvalue weighted by atomic mass is 79.9. The standard InChI is InChI=1S/C10H13BrO2S/c11-8-4-10(5-8,6-8)14(12,13)9-1-7(2-9)3-9/h7H,1-6H2. The average molecular weight is 277 g/mol. The summed E-state index contributed by atoms with van der Waals surface area (Å²) in [6.07, 6.45) is 5.59. The van der Waals surface area contributed by atoms with Gasteiger partial charge in [0.25, 0.3) is 0 Å². The van der Waals surface area contributed by atoms with Crippen molar-refractivity contribution in [1.29, 1.82) is 0 Å². The number of sulfone groups is 1. The Hall–Kier alpha value is 0.430. The Kier molecular flexibility index (Phi) is 1.14. The molecule has 0 amide bonds. The van der Waals surface area contributed by atoms with Crippen LogP contribution < -0.4 is 0 Å². The van der Waals surface area contributed by atoms with Crippen molar-refractivity contribution in [1.82, 2.24) is 0 Å². The van der Waals surface area contributed by atoms with Gasteiger partial charge in [-0.1, -0.05) is 15.9 Å². The quantitative estimate of drug-likeness (QED) is 0.724. The van der Waals surface area contributed by atoms with E-state index in [-0.39, 0.29) is 13.8 Å². The van der Waals surface area contributed by atoms with Crippen molar-refractivity contribution in [3.05, 3.63) is 0 Å². The molecule has 6 fully saturated rings. The highest BCUT2D eigenvalue weighted by Crippen LogP contribution is 2.75. The van der Waals surface area contributed by atoms with E-state index >= 15 is 0 Å². The second kappa shape index (κ2) is 1.86. The summed E-state index contributed by atoms with van der Waals surface area (Å²) in [4.78, 5) is 0. The predicted molar refractivity (Wildman–Crippen MR) is 57.2 cm³/mol. The van der Waals surface area contributed by atoms with Crippen molar-refractivity contribution >= 4 is 25.8 Å². The molecule has 0 aliphatic heterocycles. The summed E-state index contributed by atoms with van der Waals surface area (Å²) in [5.41, 5.74) is 0. The van der Waals surface area contributed by atoms with Gasteiger partial charge in [-0.3, -0.25) is 0 Å². The molecule has 6 rings (SSSR count). The molecule has 0 N–H and O–H groups in total. The molecule has 0 spiro atoms. The van der Waals surface area contributed by atoms with Gasteiger partial charge in [-0.25, -0.2) is 8.42 Å². The van der Waals surface area contributed by atoms with E-state index < -0.39 is 9.84 Å². The molecule has 0 heterocycles. The summed E-state index contributed by atoms with van der Waals surface area (Å²) in [7, 11) is -2.80. The summed E-state index contributed by atoms with van der Waals surface area (Å²) in [5.74, 6) is 0.759. The largest absolute Gasteiger partial charge is 0.228 e. The Bertz CT molecular complexity index is 402. The first kappa shape index (κ1) is 8.57. The molecule has 0 aromatic carbocycles. The molecule has 0 radical (unpaired) electrons. The number of rotatable bonds is 2. The van der Waals surface area contributed by atoms with Crippen molar-refractivity contribution in [3.8, 4) is 0 Å². The lowest BCUT2D eigenvalue weighted by molar-refractivity contribution is 0.0270. The molecule has 78 valence electrons. The maximum atomic E-state index is 12.4. The first-order chi connectivity index (χ1) is 6.41. The highest BCUT2D eigenvalue weighted by molar-refractivity contribution is 9.10. The van der Waals surface area contributed by atoms with Crippen molar-refractivity contribution in [2.24, 2.45) is 5.92 Å². The molecular formula is C10H13BrO2S. The van der Waals surface area contributed by atoms with Crippen LogP contribution in [0.25, 0.3) is 0 Å². The number of hydrogen-bond donors (Lipinski definition) is 0. The van der Waals surface area contributed by atoms with Gasteiger partial charge < -0.3 is 0 Å². The fourth-order valence-electron chi connectivity index (χ4n) is 4.05. The predicted octanol–water partition coefficient (Wildman–Crippen LogP) is 2.02. The van der Waals surface area contributed by atoms with Crippen LogP contribution in [0.3, 0.4) is 0 Å². The van der Waals surface area contributed by atoms with E-state index in [1.165, 1.54) is 0 Å². The lowest BCUT2D eigenvalue weighted by Gasteiger charge is -2.72. The topological polar surface area (TPSA) is 34.1 Å². The summed E-state index contributed by atoms with van der Waals surface area (Å²) in [6, 6.07) is 0. The average Bonchev–Trinajstić information content (AvgIpc) is 1.68. The molecule has 0 atom stereocenters. The molecule has 0 aromatic rings. The Morgan fingerprint density at radius 3 is 1.79 bits per heavy atom. The lowest BCUT2D eigenvalue weighted by atomic mass is 9.54. The van der Waals surface area contributed by atoms with Crippen molar-refractivity contribution in [2.45, 2.75) is 52.3 Å². The maximum Gasteiger partial charge on any atom is 0.161 e. The zero-order chi connectivity index (χ0) is 9.82. The molecule has 6 aliphatic rings. The zero-order valence-corrected chi connectivity index (χ0v) is 10.3. The molecule has 0 saturated heterocycles. The van der Waals surface area contributed by atoms with E-state index in [2.05, 4.69) is 15.9 Å². The second-order valence-corrected chi connectivity index (χ2v) is 10.5. The first-order valence-corrected chi connectivity index (χ1v) is 7.61. The van der Waals surface area contributed by atoms with Crippen molar-refractivity contribution in [2.75, 3.05) is 0 Å². The molecule has 6 aliphatic carbocycles. The smallest absolute Gasteiger partial charge is 0.161 e. The van der Waals surface area contributed by atoms with E-state index in [0.29, 0.717) is 0 Å². The summed E-state index contributed by atoms with van der Waals surface area (Å²) >= 11 is 3.61. The summed E-state index contributed by atoms with van der Waals surface area (Å²) in [5, 5.41) is 0. The monoisotopic (exact) mass is 276 g/mol. The Morgan fingerprint density at radius 1 is 1.00 bits per heavy atom. The third kappa shape index (κ3) is 0.614. The Balaban J connectivity index is 1.72. The molecular weight excluding hydrogens is 264 g/mol. The van der Waals surface area contributed by atoms with Gasteiger partial charge in [-0.2, -0.15) is 0 Å². The Morgan fingerprint density at radius 2 is 1.50 bits per heavy atom. The summed E-state index contributed by atoms with van der Waals surface area (Å²) < 4.78 is 24.6. The van der Waals surface area contributed by atoms with E-state index in [9.17, 15) is 8.42 Å². The van der Waals surface area contributed by atoms with Crippen LogP contribution in [-0.4, -0.2) is 22.2 Å². The van der Waals surface area contributed by atoms with Gasteiger partial charge >= 0.3 is 0 Å². The van der Waals surface area contributed by atoms with Crippen molar-refractivity contribution in [3.63, 3.8) is 0 Å². The van der Waals surface area contributed by atoms with E-state index in [4.69, 9.17) is 0 Å². The van der Waals surface area contributed by atoms with Crippen LogP contribution in [0.4, 0.5) is 0 Å². The minimum absolute atomic E-state index is 0.226. The van der Waals surface area contributed by atoms with Crippen molar-refractivity contribution < 1.29 is 8.42 Å². The SMILES string of the molecule is O=S(=O)(C12CC(C1)C2)C12CC(Br)(C1)C2. The van der Waals surface area contributed by atoms with E-state index in [1.807, 2.05) is 0 Å². The minimum Gasteiger partial charge on any atom is -0.228 e. The lowest BCUT2D eigenvalue weighted by Crippen LogP contribution is -2.79. The first-order valence-electron chi connectivity index (χ1n) is 5.34. The maximum absolute atomic E-state index is 12.4. The van der Waals surface area contributed by atoms with Gasteiger partial charge in [-0.15, -0.1) is 0 Å². The van der Waals surface area contributed by atoms with Gasteiger partial charge in [0.15, 0.2) is 9.84 Å². The fraction of sp³-hybridized carbons (Fsp3) is 1.00. The van der Waals surface area contributed by atoms with E-state index in [1.54, 1.807) is 0 Å².